The third kappa shape index (κ3) is 3.81. The fraction of sp³-hybridized carbons (Fsp3) is 0.583. The summed E-state index contributed by atoms with van der Waals surface area (Å²) in [6, 6.07) is 2.90. The second kappa shape index (κ2) is 5.64. The number of aromatic nitrogens is 1. The van der Waals surface area contributed by atoms with Gasteiger partial charge in [-0.1, -0.05) is 0 Å². The van der Waals surface area contributed by atoms with E-state index in [0.29, 0.717) is 12.8 Å². The number of rotatable bonds is 3. The first kappa shape index (κ1) is 14.6. The van der Waals surface area contributed by atoms with E-state index in [2.05, 4.69) is 4.98 Å². The van der Waals surface area contributed by atoms with Crippen molar-refractivity contribution in [2.45, 2.75) is 49.9 Å². The second-order valence-corrected chi connectivity index (χ2v) is 7.25. The van der Waals surface area contributed by atoms with Gasteiger partial charge in [-0.2, -0.15) is 0 Å². The average molecular weight is 306 g/mol. The van der Waals surface area contributed by atoms with Crippen molar-refractivity contribution in [3.8, 4) is 5.88 Å². The van der Waals surface area contributed by atoms with E-state index in [1.54, 1.807) is 0 Å². The standard InChI is InChI=1S/C12H16ClNO4S/c1-8-6-10(7-9(2)17-8)18-12-11(19(13,15)16)4-3-5-14-12/h3-5,8-10H,6-7H2,1-2H3. The lowest BCUT2D eigenvalue weighted by molar-refractivity contribution is -0.0735. The Bertz CT molecular complexity index is 538. The molecule has 0 radical (unpaired) electrons. The Morgan fingerprint density at radius 1 is 1.37 bits per heavy atom. The van der Waals surface area contributed by atoms with Gasteiger partial charge in [0.05, 0.1) is 12.2 Å². The summed E-state index contributed by atoms with van der Waals surface area (Å²) in [5.41, 5.74) is 0. The van der Waals surface area contributed by atoms with Crippen LogP contribution in [0.3, 0.4) is 0 Å². The Labute approximate surface area is 117 Å². The molecule has 2 rings (SSSR count). The first-order valence-corrected chi connectivity index (χ1v) is 8.39. The van der Waals surface area contributed by atoms with Gasteiger partial charge >= 0.3 is 0 Å². The molecule has 0 amide bonds. The van der Waals surface area contributed by atoms with Crippen molar-refractivity contribution >= 4 is 19.7 Å². The molecule has 1 aromatic rings. The van der Waals surface area contributed by atoms with Crippen LogP contribution in [0, 0.1) is 0 Å². The van der Waals surface area contributed by atoms with Gasteiger partial charge in [0, 0.05) is 29.7 Å². The number of halogens is 1. The summed E-state index contributed by atoms with van der Waals surface area (Å²) in [4.78, 5) is 3.87. The molecule has 0 aliphatic carbocycles. The molecule has 1 aliphatic heterocycles. The van der Waals surface area contributed by atoms with E-state index in [-0.39, 0.29) is 29.1 Å². The molecular formula is C12H16ClNO4S. The molecule has 2 unspecified atom stereocenters. The molecule has 0 N–H and O–H groups in total. The molecule has 19 heavy (non-hydrogen) atoms. The minimum Gasteiger partial charge on any atom is -0.473 e. The summed E-state index contributed by atoms with van der Waals surface area (Å²) >= 11 is 0. The highest BCUT2D eigenvalue weighted by Gasteiger charge is 2.28. The summed E-state index contributed by atoms with van der Waals surface area (Å²) in [6.07, 6.45) is 2.91. The van der Waals surface area contributed by atoms with Crippen molar-refractivity contribution in [3.05, 3.63) is 18.3 Å². The van der Waals surface area contributed by atoms with Gasteiger partial charge in [-0.15, -0.1) is 0 Å². The maximum Gasteiger partial charge on any atom is 0.266 e. The number of hydrogen-bond donors (Lipinski definition) is 0. The highest BCUT2D eigenvalue weighted by atomic mass is 35.7. The van der Waals surface area contributed by atoms with E-state index in [1.807, 2.05) is 13.8 Å². The largest absolute Gasteiger partial charge is 0.473 e. The van der Waals surface area contributed by atoms with Crippen LogP contribution in [0.15, 0.2) is 23.2 Å². The SMILES string of the molecule is CC1CC(Oc2ncccc2S(=O)(=O)Cl)CC(C)O1. The molecule has 1 saturated heterocycles. The molecule has 1 aliphatic rings. The normalized spacial score (nSPS) is 28.1. The van der Waals surface area contributed by atoms with Crippen molar-refractivity contribution in [3.63, 3.8) is 0 Å². The molecular weight excluding hydrogens is 290 g/mol. The van der Waals surface area contributed by atoms with Crippen molar-refractivity contribution in [1.29, 1.82) is 0 Å². The predicted molar refractivity (Wildman–Crippen MR) is 70.9 cm³/mol. The molecule has 106 valence electrons. The van der Waals surface area contributed by atoms with Crippen LogP contribution in [-0.2, 0) is 13.8 Å². The third-order valence-corrected chi connectivity index (χ3v) is 4.27. The zero-order valence-electron chi connectivity index (χ0n) is 10.7. The van der Waals surface area contributed by atoms with Gasteiger partial charge in [-0.05, 0) is 26.0 Å². The molecule has 2 atom stereocenters. The third-order valence-electron chi connectivity index (χ3n) is 2.93. The minimum atomic E-state index is -3.86. The second-order valence-electron chi connectivity index (χ2n) is 4.71. The van der Waals surface area contributed by atoms with Gasteiger partial charge in [0.25, 0.3) is 9.05 Å². The zero-order valence-corrected chi connectivity index (χ0v) is 12.3. The van der Waals surface area contributed by atoms with Crippen molar-refractivity contribution < 1.29 is 17.9 Å². The maximum absolute atomic E-state index is 11.4. The van der Waals surface area contributed by atoms with Crippen LogP contribution in [0.25, 0.3) is 0 Å². The maximum atomic E-state index is 11.4. The summed E-state index contributed by atoms with van der Waals surface area (Å²) in [5, 5.41) is 0. The van der Waals surface area contributed by atoms with Crippen LogP contribution in [0.1, 0.15) is 26.7 Å². The van der Waals surface area contributed by atoms with E-state index in [9.17, 15) is 8.42 Å². The summed E-state index contributed by atoms with van der Waals surface area (Å²) in [5.74, 6) is 0.0591. The topological polar surface area (TPSA) is 65.5 Å². The molecule has 0 bridgehead atoms. The summed E-state index contributed by atoms with van der Waals surface area (Å²) in [7, 11) is 1.51. The Balaban J connectivity index is 2.20. The van der Waals surface area contributed by atoms with E-state index < -0.39 is 9.05 Å². The zero-order chi connectivity index (χ0) is 14.0. The van der Waals surface area contributed by atoms with Crippen LogP contribution >= 0.6 is 10.7 Å². The monoisotopic (exact) mass is 305 g/mol. The van der Waals surface area contributed by atoms with Crippen LogP contribution in [0.4, 0.5) is 0 Å². The molecule has 5 nitrogen and oxygen atoms in total. The highest BCUT2D eigenvalue weighted by Crippen LogP contribution is 2.28. The van der Waals surface area contributed by atoms with Crippen LogP contribution < -0.4 is 4.74 Å². The fourth-order valence-electron chi connectivity index (χ4n) is 2.25. The molecule has 1 aromatic heterocycles. The van der Waals surface area contributed by atoms with Gasteiger partial charge in [0.15, 0.2) is 0 Å². The fourth-order valence-corrected chi connectivity index (χ4v) is 3.15. The van der Waals surface area contributed by atoms with Gasteiger partial charge in [-0.3, -0.25) is 0 Å². The first-order chi connectivity index (χ1) is 8.86. The average Bonchev–Trinajstić information content (AvgIpc) is 2.26. The summed E-state index contributed by atoms with van der Waals surface area (Å²) in [6.45, 7) is 3.92. The lowest BCUT2D eigenvalue weighted by Gasteiger charge is -2.32. The Morgan fingerprint density at radius 2 is 2.00 bits per heavy atom. The molecule has 0 aromatic carbocycles. The molecule has 1 fully saturated rings. The quantitative estimate of drug-likeness (QED) is 0.802. The van der Waals surface area contributed by atoms with Crippen molar-refractivity contribution in [1.82, 2.24) is 4.98 Å². The van der Waals surface area contributed by atoms with E-state index in [0.717, 1.165) is 0 Å². The van der Waals surface area contributed by atoms with Crippen LogP contribution in [0.2, 0.25) is 0 Å². The first-order valence-electron chi connectivity index (χ1n) is 6.08. The van der Waals surface area contributed by atoms with Crippen molar-refractivity contribution in [2.24, 2.45) is 0 Å². The van der Waals surface area contributed by atoms with E-state index >= 15 is 0 Å². The number of pyridine rings is 1. The summed E-state index contributed by atoms with van der Waals surface area (Å²) < 4.78 is 34.2. The number of hydrogen-bond acceptors (Lipinski definition) is 5. The van der Waals surface area contributed by atoms with E-state index in [4.69, 9.17) is 20.2 Å². The Morgan fingerprint density at radius 3 is 2.58 bits per heavy atom. The molecule has 7 heteroatoms. The van der Waals surface area contributed by atoms with Crippen LogP contribution in [0.5, 0.6) is 5.88 Å². The molecule has 0 saturated carbocycles. The van der Waals surface area contributed by atoms with Gasteiger partial charge in [-0.25, -0.2) is 13.4 Å². The van der Waals surface area contributed by atoms with Gasteiger partial charge in [0.1, 0.15) is 11.0 Å². The Hall–Kier alpha value is -0.850. The predicted octanol–water partition coefficient (Wildman–Crippen LogP) is 2.34. The minimum absolute atomic E-state index is 0.0591. The Kier molecular flexibility index (Phi) is 4.32. The van der Waals surface area contributed by atoms with E-state index in [1.165, 1.54) is 18.3 Å². The highest BCUT2D eigenvalue weighted by molar-refractivity contribution is 8.13. The lowest BCUT2D eigenvalue weighted by atomic mass is 10.0. The smallest absolute Gasteiger partial charge is 0.266 e. The van der Waals surface area contributed by atoms with Crippen molar-refractivity contribution in [2.75, 3.05) is 0 Å². The number of ether oxygens (including phenoxy) is 2. The van der Waals surface area contributed by atoms with Crippen LogP contribution in [-0.4, -0.2) is 31.7 Å². The number of nitrogens with zero attached hydrogens (tertiary/aromatic N) is 1. The molecule has 0 spiro atoms. The van der Waals surface area contributed by atoms with Gasteiger partial charge in [0.2, 0.25) is 5.88 Å². The lowest BCUT2D eigenvalue weighted by Crippen LogP contribution is -2.36. The van der Waals surface area contributed by atoms with Gasteiger partial charge < -0.3 is 9.47 Å². The molecule has 2 heterocycles.